The van der Waals surface area contributed by atoms with Gasteiger partial charge < -0.3 is 0 Å². The molecule has 1 saturated carbocycles. The van der Waals surface area contributed by atoms with E-state index in [9.17, 15) is 8.42 Å². The summed E-state index contributed by atoms with van der Waals surface area (Å²) in [5, 5.41) is 0. The summed E-state index contributed by atoms with van der Waals surface area (Å²) in [6, 6.07) is 0. The van der Waals surface area contributed by atoms with Gasteiger partial charge in [0.2, 0.25) is 0 Å². The number of rotatable bonds is 6. The van der Waals surface area contributed by atoms with Gasteiger partial charge in [-0.2, -0.15) is 0 Å². The molecular weight excluding hydrogens is 267 g/mol. The van der Waals surface area contributed by atoms with Crippen LogP contribution in [0.15, 0.2) is 0 Å². The van der Waals surface area contributed by atoms with E-state index in [0.29, 0.717) is 24.1 Å². The van der Waals surface area contributed by atoms with Gasteiger partial charge in [0.05, 0.1) is 5.75 Å². The molecule has 0 unspecified atom stereocenters. The Morgan fingerprint density at radius 1 is 1.19 bits per heavy atom. The Morgan fingerprint density at radius 3 is 2.06 bits per heavy atom. The first-order valence-corrected chi connectivity index (χ1v) is 8.86. The average Bonchev–Trinajstić information content (AvgIpc) is 2.72. The van der Waals surface area contributed by atoms with E-state index < -0.39 is 9.84 Å². The molecule has 0 aromatic rings. The van der Waals surface area contributed by atoms with Crippen LogP contribution >= 0.6 is 23.2 Å². The van der Waals surface area contributed by atoms with Crippen LogP contribution in [0, 0.1) is 11.3 Å². The molecule has 5 heteroatoms. The third kappa shape index (κ3) is 3.78. The van der Waals surface area contributed by atoms with Crippen molar-refractivity contribution >= 4 is 33.0 Å². The van der Waals surface area contributed by atoms with E-state index in [0.717, 1.165) is 12.8 Å². The van der Waals surface area contributed by atoms with Crippen LogP contribution in [-0.4, -0.2) is 32.2 Å². The van der Waals surface area contributed by atoms with Crippen LogP contribution in [0.1, 0.15) is 32.1 Å². The number of alkyl halides is 2. The highest BCUT2D eigenvalue weighted by Crippen LogP contribution is 2.44. The van der Waals surface area contributed by atoms with Crippen molar-refractivity contribution in [3.8, 4) is 0 Å². The van der Waals surface area contributed by atoms with Gasteiger partial charge in [-0.25, -0.2) is 8.42 Å². The highest BCUT2D eigenvalue weighted by molar-refractivity contribution is 7.90. The molecule has 0 aromatic carbocycles. The minimum atomic E-state index is -2.92. The second kappa shape index (κ2) is 5.92. The van der Waals surface area contributed by atoms with E-state index in [1.807, 2.05) is 0 Å². The third-order valence-electron chi connectivity index (χ3n) is 3.72. The Kier molecular flexibility index (Phi) is 5.40. The molecule has 0 aromatic heterocycles. The maximum atomic E-state index is 11.2. The Hall–Kier alpha value is 0.530. The normalized spacial score (nSPS) is 19.2. The van der Waals surface area contributed by atoms with Gasteiger partial charge in [-0.3, -0.25) is 0 Å². The minimum absolute atomic E-state index is 0.178. The van der Waals surface area contributed by atoms with E-state index in [2.05, 4.69) is 0 Å². The van der Waals surface area contributed by atoms with Crippen LogP contribution in [0.4, 0.5) is 0 Å². The van der Waals surface area contributed by atoms with E-state index in [1.54, 1.807) is 0 Å². The summed E-state index contributed by atoms with van der Waals surface area (Å²) in [6.07, 6.45) is 6.60. The van der Waals surface area contributed by atoms with Gasteiger partial charge in [0.15, 0.2) is 0 Å². The Labute approximate surface area is 109 Å². The molecule has 1 aliphatic carbocycles. The largest absolute Gasteiger partial charge is 0.229 e. The summed E-state index contributed by atoms with van der Waals surface area (Å²) >= 11 is 12.1. The summed E-state index contributed by atoms with van der Waals surface area (Å²) in [6.45, 7) is 0. The maximum Gasteiger partial charge on any atom is 0.147 e. The first-order valence-electron chi connectivity index (χ1n) is 5.73. The third-order valence-corrected chi connectivity index (χ3v) is 5.73. The van der Waals surface area contributed by atoms with E-state index in [4.69, 9.17) is 23.2 Å². The fourth-order valence-corrected chi connectivity index (χ4v) is 4.29. The first kappa shape index (κ1) is 14.6. The number of hydrogen-bond acceptors (Lipinski definition) is 2. The molecule has 1 fully saturated rings. The first-order chi connectivity index (χ1) is 7.43. The lowest BCUT2D eigenvalue weighted by atomic mass is 9.75. The molecule has 0 aliphatic heterocycles. The predicted octanol–water partition coefficient (Wildman–Crippen LogP) is 3.08. The second-order valence-corrected chi connectivity index (χ2v) is 7.79. The summed E-state index contributed by atoms with van der Waals surface area (Å²) in [5.74, 6) is 1.64. The molecule has 0 bridgehead atoms. The van der Waals surface area contributed by atoms with Gasteiger partial charge in [0.1, 0.15) is 9.84 Å². The topological polar surface area (TPSA) is 34.1 Å². The highest BCUT2D eigenvalue weighted by atomic mass is 35.5. The van der Waals surface area contributed by atoms with Gasteiger partial charge >= 0.3 is 0 Å². The van der Waals surface area contributed by atoms with E-state index >= 15 is 0 Å². The molecule has 0 radical (unpaired) electrons. The lowest BCUT2D eigenvalue weighted by Gasteiger charge is -2.35. The van der Waals surface area contributed by atoms with Gasteiger partial charge in [-0.15, -0.1) is 23.2 Å². The fourth-order valence-electron chi connectivity index (χ4n) is 2.52. The smallest absolute Gasteiger partial charge is 0.147 e. The molecule has 0 heterocycles. The van der Waals surface area contributed by atoms with E-state index in [1.165, 1.54) is 19.1 Å². The van der Waals surface area contributed by atoms with Crippen LogP contribution in [0.3, 0.4) is 0 Å². The van der Waals surface area contributed by atoms with Crippen molar-refractivity contribution in [2.45, 2.75) is 32.1 Å². The maximum absolute atomic E-state index is 11.2. The second-order valence-electron chi connectivity index (χ2n) is 4.99. The molecule has 2 nitrogen and oxygen atoms in total. The van der Waals surface area contributed by atoms with Crippen molar-refractivity contribution in [1.82, 2.24) is 0 Å². The van der Waals surface area contributed by atoms with Crippen molar-refractivity contribution in [1.29, 1.82) is 0 Å². The van der Waals surface area contributed by atoms with Gasteiger partial charge in [-0.05, 0) is 25.2 Å². The Bertz CT molecular complexity index is 304. The van der Waals surface area contributed by atoms with Gasteiger partial charge in [0, 0.05) is 23.4 Å². The zero-order valence-electron chi connectivity index (χ0n) is 9.71. The van der Waals surface area contributed by atoms with Crippen LogP contribution in [0.2, 0.25) is 0 Å². The van der Waals surface area contributed by atoms with Crippen molar-refractivity contribution in [3.63, 3.8) is 0 Å². The van der Waals surface area contributed by atoms with E-state index in [-0.39, 0.29) is 11.2 Å². The monoisotopic (exact) mass is 286 g/mol. The van der Waals surface area contributed by atoms with Crippen molar-refractivity contribution in [2.75, 3.05) is 23.8 Å². The number of hydrogen-bond donors (Lipinski definition) is 0. The van der Waals surface area contributed by atoms with Crippen LogP contribution in [0.5, 0.6) is 0 Å². The molecule has 1 rings (SSSR count). The summed E-state index contributed by atoms with van der Waals surface area (Å²) in [4.78, 5) is 0. The molecule has 0 spiro atoms. The molecule has 1 aliphatic rings. The van der Waals surface area contributed by atoms with Crippen LogP contribution in [-0.2, 0) is 9.84 Å². The number of sulfone groups is 1. The molecule has 0 amide bonds. The fraction of sp³-hybridized carbons (Fsp3) is 1.00. The molecular formula is C11H20Cl2O2S. The molecule has 96 valence electrons. The standard InChI is InChI=1S/C11H20Cl2O2S/c1-16(14,15)7-6-11(8-12,9-13)10-4-2-3-5-10/h10H,2-9H2,1H3. The SMILES string of the molecule is CS(=O)(=O)CCC(CCl)(CCl)C1CCCC1. The Morgan fingerprint density at radius 2 is 1.69 bits per heavy atom. The number of halogens is 2. The molecule has 0 saturated heterocycles. The minimum Gasteiger partial charge on any atom is -0.229 e. The quantitative estimate of drug-likeness (QED) is 0.704. The molecule has 16 heavy (non-hydrogen) atoms. The summed E-state index contributed by atoms with van der Waals surface area (Å²) in [7, 11) is -2.92. The lowest BCUT2D eigenvalue weighted by molar-refractivity contribution is 0.219. The van der Waals surface area contributed by atoms with Crippen molar-refractivity contribution < 1.29 is 8.42 Å². The zero-order valence-corrected chi connectivity index (χ0v) is 12.0. The highest BCUT2D eigenvalue weighted by Gasteiger charge is 2.39. The van der Waals surface area contributed by atoms with Gasteiger partial charge in [0.25, 0.3) is 0 Å². The van der Waals surface area contributed by atoms with Crippen LogP contribution < -0.4 is 0 Å². The lowest BCUT2D eigenvalue weighted by Crippen LogP contribution is -2.35. The molecule has 0 atom stereocenters. The zero-order chi connectivity index (χ0) is 12.2. The van der Waals surface area contributed by atoms with Gasteiger partial charge in [-0.1, -0.05) is 12.8 Å². The predicted molar refractivity (Wildman–Crippen MR) is 70.2 cm³/mol. The summed E-state index contributed by atoms with van der Waals surface area (Å²) < 4.78 is 22.5. The summed E-state index contributed by atoms with van der Waals surface area (Å²) in [5.41, 5.74) is -0.178. The van der Waals surface area contributed by atoms with Crippen molar-refractivity contribution in [3.05, 3.63) is 0 Å². The van der Waals surface area contributed by atoms with Crippen LogP contribution in [0.25, 0.3) is 0 Å². The average molecular weight is 287 g/mol. The van der Waals surface area contributed by atoms with Crippen molar-refractivity contribution in [2.24, 2.45) is 11.3 Å². The Balaban J connectivity index is 2.70. The molecule has 0 N–H and O–H groups in total.